The summed E-state index contributed by atoms with van der Waals surface area (Å²) in [7, 11) is 4.56. The van der Waals surface area contributed by atoms with Crippen LogP contribution in [0.25, 0.3) is 0 Å². The average Bonchev–Trinajstić information content (AvgIpc) is 2.79. The molecule has 0 aromatic heterocycles. The van der Waals surface area contributed by atoms with Gasteiger partial charge in [-0.3, -0.25) is 9.69 Å². The molecule has 0 radical (unpaired) electrons. The van der Waals surface area contributed by atoms with Gasteiger partial charge in [0.2, 0.25) is 5.75 Å². The van der Waals surface area contributed by atoms with Crippen molar-refractivity contribution in [2.75, 3.05) is 54.2 Å². The molecular weight excluding hydrogens is 408 g/mol. The molecule has 1 aliphatic rings. The van der Waals surface area contributed by atoms with Crippen molar-refractivity contribution in [1.82, 2.24) is 10.2 Å². The van der Waals surface area contributed by atoms with Crippen LogP contribution in [0.2, 0.25) is 5.02 Å². The minimum Gasteiger partial charge on any atom is -0.493 e. The molecule has 1 atom stereocenters. The number of ether oxygens (including phenoxy) is 4. The third-order valence-corrected chi connectivity index (χ3v) is 5.48. The normalized spacial score (nSPS) is 15.3. The molecule has 162 valence electrons. The van der Waals surface area contributed by atoms with Crippen LogP contribution in [0.3, 0.4) is 0 Å². The van der Waals surface area contributed by atoms with Crippen molar-refractivity contribution in [2.24, 2.45) is 0 Å². The van der Waals surface area contributed by atoms with Crippen molar-refractivity contribution in [3.63, 3.8) is 0 Å². The van der Waals surface area contributed by atoms with E-state index in [9.17, 15) is 4.79 Å². The number of hydrogen-bond acceptors (Lipinski definition) is 6. The topological polar surface area (TPSA) is 69.3 Å². The molecule has 1 amide bonds. The van der Waals surface area contributed by atoms with Crippen LogP contribution in [0.15, 0.2) is 36.4 Å². The van der Waals surface area contributed by atoms with E-state index in [0.717, 1.165) is 18.7 Å². The van der Waals surface area contributed by atoms with Gasteiger partial charge >= 0.3 is 0 Å². The zero-order valence-electron chi connectivity index (χ0n) is 17.4. The van der Waals surface area contributed by atoms with Gasteiger partial charge in [0.05, 0.1) is 40.6 Å². The molecular formula is C22H27ClN2O5. The van der Waals surface area contributed by atoms with Crippen molar-refractivity contribution in [3.05, 3.63) is 52.5 Å². The van der Waals surface area contributed by atoms with Crippen LogP contribution in [0.5, 0.6) is 17.2 Å². The van der Waals surface area contributed by atoms with Gasteiger partial charge in [-0.05, 0) is 23.8 Å². The second-order valence-electron chi connectivity index (χ2n) is 6.81. The van der Waals surface area contributed by atoms with E-state index in [1.54, 1.807) is 12.1 Å². The van der Waals surface area contributed by atoms with Gasteiger partial charge in [-0.25, -0.2) is 0 Å². The lowest BCUT2D eigenvalue weighted by atomic mass is 10.0. The summed E-state index contributed by atoms with van der Waals surface area (Å²) in [6.45, 7) is 3.26. The van der Waals surface area contributed by atoms with E-state index < -0.39 is 0 Å². The van der Waals surface area contributed by atoms with Crippen LogP contribution in [0.1, 0.15) is 22.0 Å². The number of nitrogens with zero attached hydrogens (tertiary/aromatic N) is 1. The number of rotatable bonds is 8. The Morgan fingerprint density at radius 1 is 1.10 bits per heavy atom. The molecule has 8 heteroatoms. The minimum absolute atomic E-state index is 0.0615. The highest BCUT2D eigenvalue weighted by Crippen LogP contribution is 2.38. The van der Waals surface area contributed by atoms with E-state index >= 15 is 0 Å². The molecule has 1 heterocycles. The highest BCUT2D eigenvalue weighted by molar-refractivity contribution is 6.31. The van der Waals surface area contributed by atoms with Crippen LogP contribution < -0.4 is 19.5 Å². The molecule has 0 bridgehead atoms. The van der Waals surface area contributed by atoms with Gasteiger partial charge in [0.25, 0.3) is 5.91 Å². The first-order valence-electron chi connectivity index (χ1n) is 9.73. The van der Waals surface area contributed by atoms with Crippen LogP contribution in [0, 0.1) is 0 Å². The lowest BCUT2D eigenvalue weighted by Crippen LogP contribution is -2.44. The van der Waals surface area contributed by atoms with Crippen molar-refractivity contribution in [3.8, 4) is 17.2 Å². The van der Waals surface area contributed by atoms with Gasteiger partial charge in [0.15, 0.2) is 11.5 Å². The molecule has 0 saturated carbocycles. The van der Waals surface area contributed by atoms with Crippen molar-refractivity contribution < 1.29 is 23.7 Å². The Morgan fingerprint density at radius 2 is 1.73 bits per heavy atom. The van der Waals surface area contributed by atoms with Gasteiger partial charge in [0, 0.05) is 30.2 Å². The summed E-state index contributed by atoms with van der Waals surface area (Å²) < 4.78 is 21.5. The van der Waals surface area contributed by atoms with E-state index in [4.69, 9.17) is 30.5 Å². The van der Waals surface area contributed by atoms with E-state index in [1.807, 2.05) is 24.3 Å². The summed E-state index contributed by atoms with van der Waals surface area (Å²) >= 11 is 6.47. The SMILES string of the molecule is COc1cc(C(=O)NC[C@H](c2ccccc2Cl)N2CCOCC2)cc(OC)c1OC. The first-order valence-corrected chi connectivity index (χ1v) is 10.1. The number of benzene rings is 2. The van der Waals surface area contributed by atoms with Gasteiger partial charge in [-0.2, -0.15) is 0 Å². The number of hydrogen-bond donors (Lipinski definition) is 1. The Hall–Kier alpha value is -2.48. The molecule has 0 aliphatic carbocycles. The minimum atomic E-state index is -0.237. The Kier molecular flexibility index (Phi) is 7.79. The first-order chi connectivity index (χ1) is 14.6. The van der Waals surface area contributed by atoms with Crippen LogP contribution in [-0.2, 0) is 4.74 Å². The Bertz CT molecular complexity index is 845. The maximum Gasteiger partial charge on any atom is 0.251 e. The van der Waals surface area contributed by atoms with Crippen molar-refractivity contribution >= 4 is 17.5 Å². The van der Waals surface area contributed by atoms with Crippen LogP contribution >= 0.6 is 11.6 Å². The number of nitrogens with one attached hydrogen (secondary N) is 1. The highest BCUT2D eigenvalue weighted by Gasteiger charge is 2.25. The van der Waals surface area contributed by atoms with Crippen molar-refractivity contribution in [1.29, 1.82) is 0 Å². The van der Waals surface area contributed by atoms with Crippen molar-refractivity contribution in [2.45, 2.75) is 6.04 Å². The van der Waals surface area contributed by atoms with E-state index in [1.165, 1.54) is 21.3 Å². The molecule has 2 aromatic carbocycles. The fourth-order valence-corrected chi connectivity index (χ4v) is 3.84. The molecule has 1 aliphatic heterocycles. The summed E-state index contributed by atoms with van der Waals surface area (Å²) in [5.74, 6) is 1.06. The van der Waals surface area contributed by atoms with Crippen LogP contribution in [0.4, 0.5) is 0 Å². The number of halogens is 1. The molecule has 1 saturated heterocycles. The number of carbonyl (C=O) groups excluding carboxylic acids is 1. The molecule has 7 nitrogen and oxygen atoms in total. The second-order valence-corrected chi connectivity index (χ2v) is 7.22. The van der Waals surface area contributed by atoms with Crippen LogP contribution in [-0.4, -0.2) is 65.0 Å². The summed E-state index contributed by atoms with van der Waals surface area (Å²) in [4.78, 5) is 15.2. The standard InChI is InChI=1S/C22H27ClN2O5/c1-27-19-12-15(13-20(28-2)21(19)29-3)22(26)24-14-18(25-8-10-30-11-9-25)16-6-4-5-7-17(16)23/h4-7,12-13,18H,8-11,14H2,1-3H3,(H,24,26)/t18-/m1/s1. The zero-order chi connectivity index (χ0) is 21.5. The molecule has 30 heavy (non-hydrogen) atoms. The van der Waals surface area contributed by atoms with Gasteiger partial charge in [0.1, 0.15) is 0 Å². The second kappa shape index (κ2) is 10.5. The largest absolute Gasteiger partial charge is 0.493 e. The molecule has 3 rings (SSSR count). The first kappa shape index (κ1) is 22.2. The Balaban J connectivity index is 1.81. The van der Waals surface area contributed by atoms with E-state index in [-0.39, 0.29) is 11.9 Å². The summed E-state index contributed by atoms with van der Waals surface area (Å²) in [6, 6.07) is 10.9. The van der Waals surface area contributed by atoms with Gasteiger partial charge < -0.3 is 24.3 Å². The van der Waals surface area contributed by atoms with E-state index in [0.29, 0.717) is 47.6 Å². The number of amides is 1. The zero-order valence-corrected chi connectivity index (χ0v) is 18.2. The Morgan fingerprint density at radius 3 is 2.30 bits per heavy atom. The number of methoxy groups -OCH3 is 3. The Labute approximate surface area is 181 Å². The third kappa shape index (κ3) is 4.98. The van der Waals surface area contributed by atoms with E-state index in [2.05, 4.69) is 10.2 Å². The molecule has 0 spiro atoms. The molecule has 1 fully saturated rings. The maximum atomic E-state index is 12.9. The third-order valence-electron chi connectivity index (χ3n) is 5.13. The predicted octanol–water partition coefficient (Wildman–Crippen LogP) is 3.17. The summed E-state index contributed by atoms with van der Waals surface area (Å²) in [5.41, 5.74) is 1.40. The predicted molar refractivity (Wildman–Crippen MR) is 115 cm³/mol. The number of carbonyl (C=O) groups is 1. The fraction of sp³-hybridized carbons (Fsp3) is 0.409. The smallest absolute Gasteiger partial charge is 0.251 e. The molecule has 2 aromatic rings. The van der Waals surface area contributed by atoms with Gasteiger partial charge in [-0.1, -0.05) is 29.8 Å². The molecule has 1 N–H and O–H groups in total. The summed E-state index contributed by atoms with van der Waals surface area (Å²) in [6.07, 6.45) is 0. The monoisotopic (exact) mass is 434 g/mol. The number of morpholine rings is 1. The van der Waals surface area contributed by atoms with Gasteiger partial charge in [-0.15, -0.1) is 0 Å². The maximum absolute atomic E-state index is 12.9. The molecule has 0 unspecified atom stereocenters. The average molecular weight is 435 g/mol. The fourth-order valence-electron chi connectivity index (χ4n) is 3.57. The quantitative estimate of drug-likeness (QED) is 0.688. The summed E-state index contributed by atoms with van der Waals surface area (Å²) in [5, 5.41) is 3.71. The lowest BCUT2D eigenvalue weighted by Gasteiger charge is -2.35. The highest BCUT2D eigenvalue weighted by atomic mass is 35.5. The lowest BCUT2D eigenvalue weighted by molar-refractivity contribution is 0.0162.